The third-order valence-electron chi connectivity index (χ3n) is 4.93. The highest BCUT2D eigenvalue weighted by Gasteiger charge is 2.30. The Bertz CT molecular complexity index is 500. The highest BCUT2D eigenvalue weighted by Crippen LogP contribution is 2.26. The van der Waals surface area contributed by atoms with Crippen LogP contribution in [0.25, 0.3) is 0 Å². The van der Waals surface area contributed by atoms with Crippen molar-refractivity contribution in [2.45, 2.75) is 64.0 Å². The van der Waals surface area contributed by atoms with E-state index in [4.69, 9.17) is 0 Å². The van der Waals surface area contributed by atoms with E-state index in [-0.39, 0.29) is 30.4 Å². The van der Waals surface area contributed by atoms with E-state index < -0.39 is 0 Å². The first-order valence-electron chi connectivity index (χ1n) is 8.68. The van der Waals surface area contributed by atoms with Crippen LogP contribution in [0.4, 0.5) is 0 Å². The zero-order valence-corrected chi connectivity index (χ0v) is 14.6. The molecule has 23 heavy (non-hydrogen) atoms. The highest BCUT2D eigenvalue weighted by atomic mass is 35.5. The highest BCUT2D eigenvalue weighted by molar-refractivity contribution is 5.85. The molecule has 1 aliphatic carbocycles. The normalized spacial score (nSPS) is 25.1. The van der Waals surface area contributed by atoms with Crippen molar-refractivity contribution in [1.29, 1.82) is 0 Å². The molecule has 2 atom stereocenters. The van der Waals surface area contributed by atoms with E-state index in [0.717, 1.165) is 31.0 Å². The Morgan fingerprint density at radius 3 is 2.91 bits per heavy atom. The fraction of sp³-hybridized carbons (Fsp3) is 0.812. The van der Waals surface area contributed by atoms with Gasteiger partial charge in [0.15, 0.2) is 0 Å². The summed E-state index contributed by atoms with van der Waals surface area (Å²) < 4.78 is 1.95. The molecule has 1 aliphatic heterocycles. The van der Waals surface area contributed by atoms with Crippen molar-refractivity contribution in [2.75, 3.05) is 13.1 Å². The lowest BCUT2D eigenvalue weighted by Gasteiger charge is -2.20. The first-order valence-corrected chi connectivity index (χ1v) is 8.68. The van der Waals surface area contributed by atoms with Gasteiger partial charge in [-0.3, -0.25) is 4.79 Å². The second kappa shape index (κ2) is 8.64. The molecule has 0 radical (unpaired) electrons. The van der Waals surface area contributed by atoms with Crippen LogP contribution < -0.4 is 10.6 Å². The van der Waals surface area contributed by atoms with Crippen molar-refractivity contribution in [3.63, 3.8) is 0 Å². The lowest BCUT2D eigenvalue weighted by molar-refractivity contribution is -0.122. The molecule has 2 N–H and O–H groups in total. The van der Waals surface area contributed by atoms with Gasteiger partial charge in [0.1, 0.15) is 0 Å². The topological polar surface area (TPSA) is 71.8 Å². The van der Waals surface area contributed by atoms with E-state index >= 15 is 0 Å². The van der Waals surface area contributed by atoms with Crippen LogP contribution in [0.1, 0.15) is 57.2 Å². The van der Waals surface area contributed by atoms with Crippen LogP contribution in [0.5, 0.6) is 0 Å². The summed E-state index contributed by atoms with van der Waals surface area (Å²) in [6.07, 6.45) is 10.7. The van der Waals surface area contributed by atoms with E-state index in [1.54, 1.807) is 0 Å². The zero-order valence-electron chi connectivity index (χ0n) is 13.8. The number of likely N-dealkylation sites (N-methyl/N-ethyl adjacent to an activating group) is 1. The molecule has 1 aromatic heterocycles. The molecule has 0 spiro atoms. The Morgan fingerprint density at radius 2 is 2.17 bits per heavy atom. The van der Waals surface area contributed by atoms with E-state index in [2.05, 4.69) is 27.1 Å². The van der Waals surface area contributed by atoms with E-state index in [9.17, 15) is 4.79 Å². The Kier molecular flexibility index (Phi) is 6.84. The van der Waals surface area contributed by atoms with Gasteiger partial charge in [0.05, 0.1) is 17.8 Å². The zero-order chi connectivity index (χ0) is 15.4. The number of nitrogens with one attached hydrogen (secondary N) is 2. The Balaban J connectivity index is 0.00000192. The largest absolute Gasteiger partial charge is 0.355 e. The number of nitrogens with zero attached hydrogens (tertiary/aromatic N) is 3. The van der Waals surface area contributed by atoms with E-state index in [1.807, 2.05) is 11.6 Å². The number of halogens is 1. The van der Waals surface area contributed by atoms with Gasteiger partial charge in [-0.1, -0.05) is 37.3 Å². The van der Waals surface area contributed by atoms with E-state index in [1.165, 1.54) is 32.1 Å². The van der Waals surface area contributed by atoms with E-state index in [0.29, 0.717) is 6.54 Å². The van der Waals surface area contributed by atoms with Crippen LogP contribution >= 0.6 is 12.4 Å². The summed E-state index contributed by atoms with van der Waals surface area (Å²) in [4.78, 5) is 11.9. The van der Waals surface area contributed by atoms with Crippen molar-refractivity contribution >= 4 is 18.3 Å². The van der Waals surface area contributed by atoms with Gasteiger partial charge in [0, 0.05) is 19.3 Å². The number of aromatic nitrogens is 3. The molecule has 3 rings (SSSR count). The maximum atomic E-state index is 11.9. The van der Waals surface area contributed by atoms with Crippen molar-refractivity contribution in [2.24, 2.45) is 5.92 Å². The first kappa shape index (κ1) is 18.2. The molecule has 7 heteroatoms. The van der Waals surface area contributed by atoms with Gasteiger partial charge in [0.25, 0.3) is 0 Å². The average molecular weight is 342 g/mol. The second-order valence-electron chi connectivity index (χ2n) is 6.64. The minimum atomic E-state index is -0.101. The summed E-state index contributed by atoms with van der Waals surface area (Å²) in [7, 11) is 0. The van der Waals surface area contributed by atoms with Crippen molar-refractivity contribution < 1.29 is 4.79 Å². The van der Waals surface area contributed by atoms with Crippen LogP contribution in [-0.2, 0) is 11.2 Å². The van der Waals surface area contributed by atoms with Gasteiger partial charge in [-0.2, -0.15) is 0 Å². The Labute approximate surface area is 144 Å². The molecule has 0 bridgehead atoms. The predicted molar refractivity (Wildman–Crippen MR) is 91.7 cm³/mol. The quantitative estimate of drug-likeness (QED) is 0.857. The van der Waals surface area contributed by atoms with Crippen molar-refractivity contribution in [3.8, 4) is 0 Å². The summed E-state index contributed by atoms with van der Waals surface area (Å²) in [5.74, 6) is 0.872. The minimum Gasteiger partial charge on any atom is -0.355 e. The monoisotopic (exact) mass is 341 g/mol. The molecule has 1 aromatic rings. The van der Waals surface area contributed by atoms with Crippen LogP contribution in [0.2, 0.25) is 0 Å². The standard InChI is InChI=1S/C16H27N5O.ClH/c1-2-17-16(22)15-9-14(10-18-15)21-11-13(19-20-21)8-12-6-4-3-5-7-12;/h11-12,14-15,18H,2-10H2,1H3,(H,17,22);1H/t14-,15+;/m1./s1. The van der Waals surface area contributed by atoms with Gasteiger partial charge in [-0.25, -0.2) is 4.68 Å². The minimum absolute atomic E-state index is 0. The summed E-state index contributed by atoms with van der Waals surface area (Å²) in [5, 5.41) is 14.8. The molecular weight excluding hydrogens is 314 g/mol. The van der Waals surface area contributed by atoms with Crippen molar-refractivity contribution in [1.82, 2.24) is 25.6 Å². The molecule has 2 aliphatic rings. The fourth-order valence-electron chi connectivity index (χ4n) is 3.69. The van der Waals surface area contributed by atoms with Gasteiger partial charge in [-0.15, -0.1) is 17.5 Å². The van der Waals surface area contributed by atoms with Gasteiger partial charge in [0.2, 0.25) is 5.91 Å². The lowest BCUT2D eigenvalue weighted by atomic mass is 9.86. The molecule has 2 fully saturated rings. The molecule has 2 heterocycles. The summed E-state index contributed by atoms with van der Waals surface area (Å²) in [6.45, 7) is 3.41. The number of hydrogen-bond donors (Lipinski definition) is 2. The van der Waals surface area contributed by atoms with Crippen LogP contribution in [0.3, 0.4) is 0 Å². The fourth-order valence-corrected chi connectivity index (χ4v) is 3.69. The third kappa shape index (κ3) is 4.67. The molecule has 0 unspecified atom stereocenters. The maximum Gasteiger partial charge on any atom is 0.237 e. The van der Waals surface area contributed by atoms with Gasteiger partial charge in [-0.05, 0) is 25.7 Å². The van der Waals surface area contributed by atoms with Crippen LogP contribution in [0.15, 0.2) is 6.20 Å². The molecule has 1 saturated heterocycles. The maximum absolute atomic E-state index is 11.9. The molecule has 130 valence electrons. The van der Waals surface area contributed by atoms with Gasteiger partial charge >= 0.3 is 0 Å². The lowest BCUT2D eigenvalue weighted by Crippen LogP contribution is -2.40. The molecule has 1 saturated carbocycles. The first-order chi connectivity index (χ1) is 10.8. The molecular formula is C16H28ClN5O. The summed E-state index contributed by atoms with van der Waals surface area (Å²) in [5.41, 5.74) is 1.10. The SMILES string of the molecule is CCNC(=O)[C@@H]1C[C@@H](n2cc(CC3CCCCC3)nn2)CN1.Cl. The molecule has 6 nitrogen and oxygen atoms in total. The molecule has 1 amide bonds. The average Bonchev–Trinajstić information content (AvgIpc) is 3.17. The van der Waals surface area contributed by atoms with Crippen molar-refractivity contribution in [3.05, 3.63) is 11.9 Å². The summed E-state index contributed by atoms with van der Waals surface area (Å²) >= 11 is 0. The molecule has 0 aromatic carbocycles. The third-order valence-corrected chi connectivity index (χ3v) is 4.93. The number of amides is 1. The number of hydrogen-bond acceptors (Lipinski definition) is 4. The number of carbonyl (C=O) groups excluding carboxylic acids is 1. The number of carbonyl (C=O) groups is 1. The van der Waals surface area contributed by atoms with Gasteiger partial charge < -0.3 is 10.6 Å². The Morgan fingerprint density at radius 1 is 1.39 bits per heavy atom. The second-order valence-corrected chi connectivity index (χ2v) is 6.64. The summed E-state index contributed by atoms with van der Waals surface area (Å²) in [6, 6.07) is 0.135. The Hall–Kier alpha value is -1.14. The van der Waals surface area contributed by atoms with Crippen LogP contribution in [-0.4, -0.2) is 40.0 Å². The predicted octanol–water partition coefficient (Wildman–Crippen LogP) is 1.86. The smallest absolute Gasteiger partial charge is 0.237 e. The number of rotatable bonds is 5. The van der Waals surface area contributed by atoms with Crippen LogP contribution in [0, 0.1) is 5.92 Å².